The molecule has 2 atom stereocenters. The van der Waals surface area contributed by atoms with E-state index in [2.05, 4.69) is 16.7 Å². The average molecular weight is 554 g/mol. The number of nitrogens with zero attached hydrogens (tertiary/aromatic N) is 1. The predicted molar refractivity (Wildman–Crippen MR) is 150 cm³/mol. The van der Waals surface area contributed by atoms with Crippen molar-refractivity contribution in [3.05, 3.63) is 47.5 Å². The van der Waals surface area contributed by atoms with Gasteiger partial charge in [-0.05, 0) is 74.8 Å². The Kier molecular flexibility index (Phi) is 8.50. The molecule has 2 aromatic rings. The van der Waals surface area contributed by atoms with Crippen LogP contribution < -0.4 is 25.0 Å². The molecule has 0 saturated heterocycles. The Hall–Kier alpha value is -3.40. The van der Waals surface area contributed by atoms with Crippen LogP contribution in [0.25, 0.3) is 0 Å². The molecule has 0 aromatic heterocycles. The Balaban J connectivity index is 1.29. The second-order valence-electron chi connectivity index (χ2n) is 10.4. The van der Waals surface area contributed by atoms with Crippen molar-refractivity contribution in [2.75, 3.05) is 28.5 Å². The fourth-order valence-electron chi connectivity index (χ4n) is 5.63. The van der Waals surface area contributed by atoms with E-state index in [0.29, 0.717) is 22.9 Å². The molecule has 1 saturated carbocycles. The molecule has 39 heavy (non-hydrogen) atoms. The zero-order valence-electron chi connectivity index (χ0n) is 22.2. The zero-order chi connectivity index (χ0) is 27.4. The lowest BCUT2D eigenvalue weighted by Gasteiger charge is -2.33. The van der Waals surface area contributed by atoms with Gasteiger partial charge in [0.25, 0.3) is 0 Å². The molecule has 10 heteroatoms. The van der Waals surface area contributed by atoms with Crippen molar-refractivity contribution in [2.24, 2.45) is 0 Å². The first-order valence-corrected chi connectivity index (χ1v) is 15.2. The number of anilines is 2. The van der Waals surface area contributed by atoms with Gasteiger partial charge in [0, 0.05) is 34.3 Å². The molecule has 2 aliphatic carbocycles. The maximum atomic E-state index is 13.7. The number of benzene rings is 2. The lowest BCUT2D eigenvalue weighted by Crippen LogP contribution is -2.52. The number of fused-ring (bicyclic) bond motifs is 2. The first-order chi connectivity index (χ1) is 18.9. The number of hydrogen-bond donors (Lipinski definition) is 2. The molecule has 0 radical (unpaired) electrons. The van der Waals surface area contributed by atoms with Gasteiger partial charge >= 0.3 is 0 Å². The maximum Gasteiger partial charge on any atom is 0.243 e. The number of ether oxygens (including phenoxy) is 2. The first-order valence-electron chi connectivity index (χ1n) is 13.7. The molecule has 0 spiro atoms. The summed E-state index contributed by atoms with van der Waals surface area (Å²) in [6.07, 6.45) is 7.91. The van der Waals surface area contributed by atoms with Crippen molar-refractivity contribution in [2.45, 2.75) is 70.4 Å². The van der Waals surface area contributed by atoms with E-state index in [9.17, 15) is 18.6 Å². The van der Waals surface area contributed by atoms with Gasteiger partial charge < -0.3 is 20.1 Å². The Morgan fingerprint density at radius 1 is 1.00 bits per heavy atom. The molecule has 1 aliphatic heterocycles. The van der Waals surface area contributed by atoms with Crippen molar-refractivity contribution in [3.8, 4) is 11.5 Å². The number of carbonyl (C=O) groups excluding carboxylic acids is 3. The van der Waals surface area contributed by atoms with Gasteiger partial charge in [0.15, 0.2) is 11.5 Å². The Labute approximate surface area is 231 Å². The number of hydrogen-bond acceptors (Lipinski definition) is 6. The topological polar surface area (TPSA) is 114 Å². The minimum atomic E-state index is -1.77. The van der Waals surface area contributed by atoms with Gasteiger partial charge in [0.05, 0.1) is 0 Å². The average Bonchev–Trinajstić information content (AvgIpc) is 3.60. The van der Waals surface area contributed by atoms with Crippen molar-refractivity contribution >= 4 is 39.9 Å². The molecule has 1 heterocycles. The van der Waals surface area contributed by atoms with Gasteiger partial charge in [0.2, 0.25) is 24.5 Å². The van der Waals surface area contributed by atoms with Gasteiger partial charge in [-0.1, -0.05) is 25.0 Å². The highest BCUT2D eigenvalue weighted by Gasteiger charge is 2.32. The summed E-state index contributed by atoms with van der Waals surface area (Å²) in [6, 6.07) is 10.2. The van der Waals surface area contributed by atoms with Crippen molar-refractivity contribution in [1.29, 1.82) is 0 Å². The summed E-state index contributed by atoms with van der Waals surface area (Å²) in [6.45, 7) is 1.84. The first kappa shape index (κ1) is 27.2. The quantitative estimate of drug-likeness (QED) is 0.492. The Morgan fingerprint density at radius 3 is 2.59 bits per heavy atom. The van der Waals surface area contributed by atoms with Crippen LogP contribution in [0, 0.1) is 0 Å². The van der Waals surface area contributed by atoms with E-state index >= 15 is 0 Å². The van der Waals surface area contributed by atoms with E-state index in [1.807, 2.05) is 12.1 Å². The molecule has 1 fully saturated rings. The highest BCUT2D eigenvalue weighted by molar-refractivity contribution is 7.86. The van der Waals surface area contributed by atoms with Gasteiger partial charge in [0.1, 0.15) is 17.5 Å². The second kappa shape index (κ2) is 12.2. The SMILES string of the molecule is C[C@@H](C(=O)NC1CCCC1)N(C(=O)C[S@](=O)CC(=O)Nc1ccc2c(c1)OCO2)c1cccc2c1CCCC2. The van der Waals surface area contributed by atoms with Crippen LogP contribution in [0.1, 0.15) is 56.6 Å². The lowest BCUT2D eigenvalue weighted by atomic mass is 9.89. The molecule has 9 nitrogen and oxygen atoms in total. The van der Waals surface area contributed by atoms with Crippen LogP contribution in [0.15, 0.2) is 36.4 Å². The Bertz CT molecular complexity index is 1280. The van der Waals surface area contributed by atoms with Crippen LogP contribution >= 0.6 is 0 Å². The molecule has 2 aromatic carbocycles. The predicted octanol–water partition coefficient (Wildman–Crippen LogP) is 3.46. The molecule has 2 N–H and O–H groups in total. The summed E-state index contributed by atoms with van der Waals surface area (Å²) >= 11 is 0. The van der Waals surface area contributed by atoms with E-state index in [0.717, 1.165) is 56.9 Å². The number of carbonyl (C=O) groups is 3. The summed E-state index contributed by atoms with van der Waals surface area (Å²) in [5.41, 5.74) is 3.45. The summed E-state index contributed by atoms with van der Waals surface area (Å²) < 4.78 is 23.6. The zero-order valence-corrected chi connectivity index (χ0v) is 23.0. The van der Waals surface area contributed by atoms with E-state index in [1.165, 1.54) is 10.5 Å². The molecular weight excluding hydrogens is 518 g/mol. The normalized spacial score (nSPS) is 17.7. The molecule has 0 unspecified atom stereocenters. The number of amides is 3. The monoisotopic (exact) mass is 553 g/mol. The van der Waals surface area contributed by atoms with Gasteiger partial charge in [-0.15, -0.1) is 0 Å². The molecular formula is C29H35N3O6S. The van der Waals surface area contributed by atoms with Crippen LogP contribution in [0.4, 0.5) is 11.4 Å². The third-order valence-corrected chi connectivity index (χ3v) is 8.75. The summed E-state index contributed by atoms with van der Waals surface area (Å²) in [5, 5.41) is 5.80. The van der Waals surface area contributed by atoms with Crippen LogP contribution in [-0.2, 0) is 38.0 Å². The van der Waals surface area contributed by atoms with Gasteiger partial charge in [-0.25, -0.2) is 0 Å². The standard InChI is InChI=1S/C29H35N3O6S/c1-19(29(35)31-21-9-3-4-10-21)32(24-12-6-8-20-7-2-5-11-23(20)24)28(34)17-39(36)16-27(33)30-22-13-14-25-26(15-22)38-18-37-25/h6,8,12-15,19,21H,2-5,7,9-11,16-18H2,1H3,(H,30,33)(H,31,35)/t19-,39+/m0/s1. The van der Waals surface area contributed by atoms with E-state index < -0.39 is 28.7 Å². The van der Waals surface area contributed by atoms with E-state index in [4.69, 9.17) is 9.47 Å². The molecule has 3 aliphatic rings. The smallest absolute Gasteiger partial charge is 0.243 e. The molecule has 3 amide bonds. The largest absolute Gasteiger partial charge is 0.454 e. The van der Waals surface area contributed by atoms with E-state index in [-0.39, 0.29) is 30.2 Å². The summed E-state index contributed by atoms with van der Waals surface area (Å²) in [4.78, 5) is 41.1. The summed E-state index contributed by atoms with van der Waals surface area (Å²) in [7, 11) is -1.77. The second-order valence-corrected chi connectivity index (χ2v) is 11.9. The lowest BCUT2D eigenvalue weighted by molar-refractivity contribution is -0.125. The van der Waals surface area contributed by atoms with Crippen molar-refractivity contribution < 1.29 is 28.1 Å². The van der Waals surface area contributed by atoms with Crippen LogP contribution in [0.3, 0.4) is 0 Å². The molecule has 0 bridgehead atoms. The molecule has 208 valence electrons. The van der Waals surface area contributed by atoms with Crippen molar-refractivity contribution in [3.63, 3.8) is 0 Å². The maximum absolute atomic E-state index is 13.7. The fraction of sp³-hybridized carbons (Fsp3) is 0.483. The Morgan fingerprint density at radius 2 is 1.77 bits per heavy atom. The summed E-state index contributed by atoms with van der Waals surface area (Å²) in [5.74, 6) is -0.710. The number of nitrogens with one attached hydrogen (secondary N) is 2. The third-order valence-electron chi connectivity index (χ3n) is 7.60. The fourth-order valence-corrected chi connectivity index (χ4v) is 6.51. The highest BCUT2D eigenvalue weighted by Crippen LogP contribution is 2.34. The molecule has 5 rings (SSSR count). The number of aryl methyl sites for hydroxylation is 1. The van der Waals surface area contributed by atoms with Gasteiger partial charge in [-0.2, -0.15) is 0 Å². The van der Waals surface area contributed by atoms with Crippen LogP contribution in [0.2, 0.25) is 0 Å². The van der Waals surface area contributed by atoms with E-state index in [1.54, 1.807) is 25.1 Å². The third kappa shape index (κ3) is 6.43. The van der Waals surface area contributed by atoms with Crippen LogP contribution in [-0.4, -0.2) is 52.3 Å². The number of rotatable bonds is 9. The minimum Gasteiger partial charge on any atom is -0.454 e. The minimum absolute atomic E-state index is 0.121. The van der Waals surface area contributed by atoms with Crippen molar-refractivity contribution in [1.82, 2.24) is 5.32 Å². The highest BCUT2D eigenvalue weighted by atomic mass is 32.2. The van der Waals surface area contributed by atoms with Crippen LogP contribution in [0.5, 0.6) is 11.5 Å². The van der Waals surface area contributed by atoms with Gasteiger partial charge in [-0.3, -0.25) is 23.5 Å².